The van der Waals surface area contributed by atoms with Crippen LogP contribution in [0.1, 0.15) is 5.56 Å². The van der Waals surface area contributed by atoms with E-state index in [4.69, 9.17) is 9.15 Å². The molecule has 0 atom stereocenters. The van der Waals surface area contributed by atoms with E-state index >= 15 is 0 Å². The number of hydrogen-bond acceptors (Lipinski definition) is 5. The predicted molar refractivity (Wildman–Crippen MR) is 82.1 cm³/mol. The van der Waals surface area contributed by atoms with E-state index in [1.807, 2.05) is 0 Å². The van der Waals surface area contributed by atoms with Gasteiger partial charge in [-0.2, -0.15) is 0 Å². The molecule has 1 aromatic heterocycles. The maximum Gasteiger partial charge on any atom is 0.200 e. The summed E-state index contributed by atoms with van der Waals surface area (Å²) in [7, 11) is 1.57. The summed E-state index contributed by atoms with van der Waals surface area (Å²) < 4.78 is 10.6. The minimum atomic E-state index is -0.409. The first-order valence-electron chi connectivity index (χ1n) is 6.67. The zero-order valence-electron chi connectivity index (χ0n) is 11.9. The number of rotatable bonds is 3. The molecule has 0 unspecified atom stereocenters. The highest BCUT2D eigenvalue weighted by Gasteiger charge is 2.14. The maximum absolute atomic E-state index is 12.6. The molecule has 112 valence electrons. The van der Waals surface area contributed by atoms with Crippen molar-refractivity contribution in [2.24, 2.45) is 0 Å². The van der Waals surface area contributed by atoms with Gasteiger partial charge >= 0.3 is 0 Å². The zero-order chi connectivity index (χ0) is 15.7. The van der Waals surface area contributed by atoms with Crippen molar-refractivity contribution in [3.8, 4) is 22.6 Å². The molecule has 1 heterocycles. The summed E-state index contributed by atoms with van der Waals surface area (Å²) in [5.41, 5.74) is 1.29. The van der Waals surface area contributed by atoms with Crippen LogP contribution in [0.4, 0.5) is 0 Å². The highest BCUT2D eigenvalue weighted by atomic mass is 16.5. The fourth-order valence-electron chi connectivity index (χ4n) is 2.37. The van der Waals surface area contributed by atoms with Crippen molar-refractivity contribution in [2.45, 2.75) is 6.61 Å². The summed E-state index contributed by atoms with van der Waals surface area (Å²) in [5, 5.41) is 19.3. The number of benzene rings is 2. The van der Waals surface area contributed by atoms with Crippen LogP contribution < -0.4 is 10.2 Å². The standard InChI is InChI=1S/C17H14O5/c1-21-11-4-2-10(3-5-11)14-9-22-17-12(16(14)20)6-7-15(19)13(17)8-18/h2-7,9,18-19H,8H2,1H3. The van der Waals surface area contributed by atoms with Crippen LogP contribution >= 0.6 is 0 Å². The first-order chi connectivity index (χ1) is 10.7. The van der Waals surface area contributed by atoms with Crippen LogP contribution in [0.5, 0.6) is 11.5 Å². The molecule has 2 N–H and O–H groups in total. The molecule has 3 rings (SSSR count). The van der Waals surface area contributed by atoms with Gasteiger partial charge in [-0.1, -0.05) is 12.1 Å². The van der Waals surface area contributed by atoms with E-state index in [0.29, 0.717) is 22.3 Å². The second kappa shape index (κ2) is 5.54. The first-order valence-corrected chi connectivity index (χ1v) is 6.67. The lowest BCUT2D eigenvalue weighted by Crippen LogP contribution is -2.06. The van der Waals surface area contributed by atoms with Crippen LogP contribution in [0.15, 0.2) is 51.9 Å². The third kappa shape index (κ3) is 2.21. The summed E-state index contributed by atoms with van der Waals surface area (Å²) in [6.45, 7) is -0.409. The molecule has 22 heavy (non-hydrogen) atoms. The van der Waals surface area contributed by atoms with Crippen molar-refractivity contribution in [2.75, 3.05) is 7.11 Å². The average molecular weight is 298 g/mol. The van der Waals surface area contributed by atoms with Gasteiger partial charge in [0.1, 0.15) is 23.3 Å². The third-order valence-corrected chi connectivity index (χ3v) is 3.58. The molecule has 5 nitrogen and oxygen atoms in total. The van der Waals surface area contributed by atoms with E-state index < -0.39 is 6.61 Å². The number of phenols is 1. The smallest absolute Gasteiger partial charge is 0.200 e. The van der Waals surface area contributed by atoms with Crippen molar-refractivity contribution in [3.63, 3.8) is 0 Å². The molecule has 3 aromatic rings. The van der Waals surface area contributed by atoms with Crippen LogP contribution in [-0.2, 0) is 6.61 Å². The Morgan fingerprint density at radius 2 is 1.86 bits per heavy atom. The fourth-order valence-corrected chi connectivity index (χ4v) is 2.37. The summed E-state index contributed by atoms with van der Waals surface area (Å²) in [6.07, 6.45) is 1.34. The van der Waals surface area contributed by atoms with Gasteiger partial charge in [-0.25, -0.2) is 0 Å². The lowest BCUT2D eigenvalue weighted by molar-refractivity contribution is 0.275. The van der Waals surface area contributed by atoms with E-state index in [2.05, 4.69) is 0 Å². The van der Waals surface area contributed by atoms with Crippen LogP contribution in [0, 0.1) is 0 Å². The molecule has 0 bridgehead atoms. The average Bonchev–Trinajstić information content (AvgIpc) is 2.55. The molecule has 0 saturated heterocycles. The molecule has 0 aliphatic heterocycles. The predicted octanol–water partition coefficient (Wildman–Crippen LogP) is 2.67. The molecular weight excluding hydrogens is 284 g/mol. The highest BCUT2D eigenvalue weighted by molar-refractivity contribution is 5.85. The molecule has 0 aliphatic rings. The van der Waals surface area contributed by atoms with Crippen molar-refractivity contribution in [1.82, 2.24) is 0 Å². The Morgan fingerprint density at radius 1 is 1.14 bits per heavy atom. The topological polar surface area (TPSA) is 79.9 Å². The Labute approximate surface area is 126 Å². The third-order valence-electron chi connectivity index (χ3n) is 3.58. The molecule has 0 radical (unpaired) electrons. The first kappa shape index (κ1) is 14.2. The summed E-state index contributed by atoms with van der Waals surface area (Å²) >= 11 is 0. The minimum Gasteiger partial charge on any atom is -0.507 e. The molecular formula is C17H14O5. The highest BCUT2D eigenvalue weighted by Crippen LogP contribution is 2.28. The van der Waals surface area contributed by atoms with E-state index in [9.17, 15) is 15.0 Å². The lowest BCUT2D eigenvalue weighted by Gasteiger charge is -2.07. The normalized spacial score (nSPS) is 10.8. The molecule has 0 aliphatic carbocycles. The van der Waals surface area contributed by atoms with Gasteiger partial charge in [0, 0.05) is 0 Å². The molecule has 0 amide bonds. The monoisotopic (exact) mass is 298 g/mol. The number of hydrogen-bond donors (Lipinski definition) is 2. The number of aliphatic hydroxyl groups excluding tert-OH is 1. The van der Waals surface area contributed by atoms with E-state index in [1.165, 1.54) is 18.4 Å². The quantitative estimate of drug-likeness (QED) is 0.777. The number of methoxy groups -OCH3 is 1. The second-order valence-corrected chi connectivity index (χ2v) is 4.81. The van der Waals surface area contributed by atoms with E-state index in [1.54, 1.807) is 31.4 Å². The molecule has 5 heteroatoms. The summed E-state index contributed by atoms with van der Waals surface area (Å²) in [5.74, 6) is 0.594. The summed E-state index contributed by atoms with van der Waals surface area (Å²) in [4.78, 5) is 12.6. The van der Waals surface area contributed by atoms with Crippen molar-refractivity contribution < 1.29 is 19.4 Å². The minimum absolute atomic E-state index is 0.102. The molecule has 0 fully saturated rings. The van der Waals surface area contributed by atoms with E-state index in [-0.39, 0.29) is 22.3 Å². The SMILES string of the molecule is COc1ccc(-c2coc3c(CO)c(O)ccc3c2=O)cc1. The van der Waals surface area contributed by atoms with Gasteiger partial charge in [0.15, 0.2) is 0 Å². The van der Waals surface area contributed by atoms with Crippen molar-refractivity contribution in [1.29, 1.82) is 0 Å². The number of aliphatic hydroxyl groups is 1. The van der Waals surface area contributed by atoms with Gasteiger partial charge in [-0.3, -0.25) is 4.79 Å². The number of aromatic hydroxyl groups is 1. The van der Waals surface area contributed by atoms with Gasteiger partial charge in [-0.15, -0.1) is 0 Å². The van der Waals surface area contributed by atoms with Crippen LogP contribution in [0.2, 0.25) is 0 Å². The number of ether oxygens (including phenoxy) is 1. The van der Waals surface area contributed by atoms with Gasteiger partial charge in [-0.05, 0) is 29.8 Å². The lowest BCUT2D eigenvalue weighted by atomic mass is 10.0. The van der Waals surface area contributed by atoms with Gasteiger partial charge in [0.25, 0.3) is 0 Å². The molecule has 2 aromatic carbocycles. The maximum atomic E-state index is 12.6. The Kier molecular flexibility index (Phi) is 3.56. The van der Waals surface area contributed by atoms with Gasteiger partial charge in [0.05, 0.1) is 30.2 Å². The molecule has 0 saturated carbocycles. The second-order valence-electron chi connectivity index (χ2n) is 4.81. The van der Waals surface area contributed by atoms with Crippen LogP contribution in [-0.4, -0.2) is 17.3 Å². The van der Waals surface area contributed by atoms with Gasteiger partial charge < -0.3 is 19.4 Å². The Balaban J connectivity index is 2.22. The molecule has 0 spiro atoms. The van der Waals surface area contributed by atoms with Crippen LogP contribution in [0.3, 0.4) is 0 Å². The van der Waals surface area contributed by atoms with Gasteiger partial charge in [0.2, 0.25) is 5.43 Å². The Bertz CT molecular complexity index is 878. The Hall–Kier alpha value is -2.79. The van der Waals surface area contributed by atoms with Crippen LogP contribution in [0.25, 0.3) is 22.1 Å². The van der Waals surface area contributed by atoms with Crippen molar-refractivity contribution >= 4 is 11.0 Å². The largest absolute Gasteiger partial charge is 0.507 e. The van der Waals surface area contributed by atoms with E-state index in [0.717, 1.165) is 0 Å². The Morgan fingerprint density at radius 3 is 2.50 bits per heavy atom. The van der Waals surface area contributed by atoms with Crippen molar-refractivity contribution in [3.05, 3.63) is 58.4 Å². The zero-order valence-corrected chi connectivity index (χ0v) is 11.9. The summed E-state index contributed by atoms with van der Waals surface area (Å²) in [6, 6.07) is 9.92. The number of fused-ring (bicyclic) bond motifs is 1. The fraction of sp³-hybridized carbons (Fsp3) is 0.118.